The molecular formula is C19H21NO2S. The molecule has 2 aromatic rings. The van der Waals surface area contributed by atoms with Crippen molar-refractivity contribution in [2.75, 3.05) is 6.54 Å². The summed E-state index contributed by atoms with van der Waals surface area (Å²) in [6.45, 7) is 4.35. The summed E-state index contributed by atoms with van der Waals surface area (Å²) in [5.41, 5.74) is 3.42. The first-order valence-electron chi connectivity index (χ1n) is 7.79. The van der Waals surface area contributed by atoms with Crippen molar-refractivity contribution in [2.24, 2.45) is 0 Å². The maximum atomic E-state index is 12.8. The van der Waals surface area contributed by atoms with Crippen LogP contribution in [0, 0.1) is 6.92 Å². The molecule has 1 aliphatic rings. The number of benzene rings is 2. The summed E-state index contributed by atoms with van der Waals surface area (Å²) in [4.78, 5) is 0.365. The van der Waals surface area contributed by atoms with Crippen LogP contribution in [0.5, 0.6) is 0 Å². The third-order valence-electron chi connectivity index (χ3n) is 4.19. The predicted octanol–water partition coefficient (Wildman–Crippen LogP) is 3.56. The Kier molecular flexibility index (Phi) is 4.37. The number of rotatable bonds is 4. The van der Waals surface area contributed by atoms with Gasteiger partial charge in [-0.3, -0.25) is 0 Å². The molecule has 4 heteroatoms. The smallest absolute Gasteiger partial charge is 0.207 e. The lowest BCUT2D eigenvalue weighted by Gasteiger charge is -2.21. The Bertz CT molecular complexity index is 808. The minimum Gasteiger partial charge on any atom is -0.207 e. The fourth-order valence-electron chi connectivity index (χ4n) is 2.94. The van der Waals surface area contributed by atoms with Gasteiger partial charge in [0.1, 0.15) is 0 Å². The normalized spacial score (nSPS) is 18.9. The van der Waals surface area contributed by atoms with Crippen LogP contribution in [0.4, 0.5) is 0 Å². The van der Waals surface area contributed by atoms with E-state index in [4.69, 9.17) is 0 Å². The van der Waals surface area contributed by atoms with Gasteiger partial charge in [0.15, 0.2) is 0 Å². The molecule has 3 rings (SSSR count). The Hall–Kier alpha value is -1.91. The first-order valence-corrected chi connectivity index (χ1v) is 9.23. The van der Waals surface area contributed by atoms with Gasteiger partial charge in [-0.15, -0.1) is 0 Å². The fourth-order valence-corrected chi connectivity index (χ4v) is 4.53. The molecule has 120 valence electrons. The SMILES string of the molecule is Cc1ccc(S(=O)(=O)N2CC(Cc3ccccc3)=CC2C)cc1. The van der Waals surface area contributed by atoms with E-state index in [-0.39, 0.29) is 6.04 Å². The van der Waals surface area contributed by atoms with Crippen LogP contribution < -0.4 is 0 Å². The van der Waals surface area contributed by atoms with E-state index in [1.807, 2.05) is 44.2 Å². The van der Waals surface area contributed by atoms with Crippen LogP contribution in [0.25, 0.3) is 0 Å². The lowest BCUT2D eigenvalue weighted by atomic mass is 10.1. The van der Waals surface area contributed by atoms with Crippen LogP contribution in [0.2, 0.25) is 0 Å². The van der Waals surface area contributed by atoms with Gasteiger partial charge in [0, 0.05) is 12.6 Å². The van der Waals surface area contributed by atoms with Gasteiger partial charge in [-0.05, 0) is 38.0 Å². The summed E-state index contributed by atoms with van der Waals surface area (Å²) in [6.07, 6.45) is 2.86. The van der Waals surface area contributed by atoms with E-state index in [2.05, 4.69) is 18.2 Å². The van der Waals surface area contributed by atoms with Gasteiger partial charge in [-0.1, -0.05) is 59.7 Å². The molecule has 2 aromatic carbocycles. The van der Waals surface area contributed by atoms with Crippen LogP contribution in [0.15, 0.2) is 71.1 Å². The van der Waals surface area contributed by atoms with Crippen molar-refractivity contribution in [2.45, 2.75) is 31.2 Å². The Morgan fingerprint density at radius 3 is 2.35 bits per heavy atom. The zero-order chi connectivity index (χ0) is 16.4. The molecule has 0 saturated heterocycles. The highest BCUT2D eigenvalue weighted by atomic mass is 32.2. The molecule has 1 heterocycles. The molecular weight excluding hydrogens is 306 g/mol. The number of nitrogens with zero attached hydrogens (tertiary/aromatic N) is 1. The minimum atomic E-state index is -3.45. The average Bonchev–Trinajstić information content (AvgIpc) is 2.90. The standard InChI is InChI=1S/C19H21NO2S/c1-15-8-10-19(11-9-15)23(21,22)20-14-18(12-16(20)2)13-17-6-4-3-5-7-17/h3-12,16H,13-14H2,1-2H3. The van der Waals surface area contributed by atoms with Gasteiger partial charge >= 0.3 is 0 Å². The maximum absolute atomic E-state index is 12.8. The Balaban J connectivity index is 1.79. The van der Waals surface area contributed by atoms with Gasteiger partial charge in [0.05, 0.1) is 4.90 Å². The molecule has 0 saturated carbocycles. The Labute approximate surface area is 138 Å². The van der Waals surface area contributed by atoms with E-state index in [0.717, 1.165) is 17.6 Å². The van der Waals surface area contributed by atoms with Gasteiger partial charge in [0.2, 0.25) is 10.0 Å². The van der Waals surface area contributed by atoms with Crippen LogP contribution in [-0.4, -0.2) is 25.3 Å². The summed E-state index contributed by atoms with van der Waals surface area (Å²) in [6, 6.07) is 17.1. The molecule has 0 spiro atoms. The zero-order valence-electron chi connectivity index (χ0n) is 13.4. The maximum Gasteiger partial charge on any atom is 0.243 e. The lowest BCUT2D eigenvalue weighted by molar-refractivity contribution is 0.424. The van der Waals surface area contributed by atoms with E-state index in [0.29, 0.717) is 11.4 Å². The van der Waals surface area contributed by atoms with Gasteiger partial charge < -0.3 is 0 Å². The van der Waals surface area contributed by atoms with E-state index in [1.165, 1.54) is 5.56 Å². The highest BCUT2D eigenvalue weighted by Crippen LogP contribution is 2.27. The summed E-state index contributed by atoms with van der Waals surface area (Å²) in [5.74, 6) is 0. The number of sulfonamides is 1. The highest BCUT2D eigenvalue weighted by Gasteiger charge is 2.32. The summed E-state index contributed by atoms with van der Waals surface area (Å²) in [5, 5.41) is 0. The quantitative estimate of drug-likeness (QED) is 0.805. The third-order valence-corrected chi connectivity index (χ3v) is 6.14. The summed E-state index contributed by atoms with van der Waals surface area (Å²) in [7, 11) is -3.45. The second kappa shape index (κ2) is 6.30. The molecule has 0 aliphatic carbocycles. The van der Waals surface area contributed by atoms with E-state index >= 15 is 0 Å². The molecule has 23 heavy (non-hydrogen) atoms. The van der Waals surface area contributed by atoms with Gasteiger partial charge in [0.25, 0.3) is 0 Å². The molecule has 1 atom stereocenters. The van der Waals surface area contributed by atoms with Crippen LogP contribution in [-0.2, 0) is 16.4 Å². The molecule has 0 bridgehead atoms. The summed E-state index contributed by atoms with van der Waals surface area (Å²) >= 11 is 0. The second-order valence-corrected chi connectivity index (χ2v) is 7.98. The Morgan fingerprint density at radius 2 is 1.70 bits per heavy atom. The lowest BCUT2D eigenvalue weighted by Crippen LogP contribution is -2.34. The van der Waals surface area contributed by atoms with Crippen molar-refractivity contribution in [3.05, 3.63) is 77.4 Å². The van der Waals surface area contributed by atoms with E-state index in [9.17, 15) is 8.42 Å². The van der Waals surface area contributed by atoms with Crippen LogP contribution in [0.3, 0.4) is 0 Å². The fraction of sp³-hybridized carbons (Fsp3) is 0.263. The molecule has 0 aromatic heterocycles. The van der Waals surface area contributed by atoms with E-state index < -0.39 is 10.0 Å². The highest BCUT2D eigenvalue weighted by molar-refractivity contribution is 7.89. The van der Waals surface area contributed by atoms with Crippen molar-refractivity contribution in [1.82, 2.24) is 4.31 Å². The average molecular weight is 327 g/mol. The van der Waals surface area contributed by atoms with Crippen molar-refractivity contribution in [3.63, 3.8) is 0 Å². The molecule has 0 amide bonds. The van der Waals surface area contributed by atoms with Gasteiger partial charge in [-0.2, -0.15) is 4.31 Å². The number of aryl methyl sites for hydroxylation is 1. The molecule has 1 unspecified atom stereocenters. The van der Waals surface area contributed by atoms with Crippen molar-refractivity contribution in [1.29, 1.82) is 0 Å². The number of hydrogen-bond donors (Lipinski definition) is 0. The molecule has 1 aliphatic heterocycles. The first-order chi connectivity index (χ1) is 11.0. The zero-order valence-corrected chi connectivity index (χ0v) is 14.3. The largest absolute Gasteiger partial charge is 0.243 e. The predicted molar refractivity (Wildman–Crippen MR) is 92.8 cm³/mol. The van der Waals surface area contributed by atoms with Crippen molar-refractivity contribution < 1.29 is 8.42 Å². The first kappa shape index (κ1) is 16.0. The topological polar surface area (TPSA) is 37.4 Å². The summed E-state index contributed by atoms with van der Waals surface area (Å²) < 4.78 is 27.3. The minimum absolute atomic E-state index is 0.111. The molecule has 0 N–H and O–H groups in total. The molecule has 0 radical (unpaired) electrons. The molecule has 3 nitrogen and oxygen atoms in total. The molecule has 0 fully saturated rings. The van der Waals surface area contributed by atoms with Gasteiger partial charge in [-0.25, -0.2) is 8.42 Å². The monoisotopic (exact) mass is 327 g/mol. The van der Waals surface area contributed by atoms with Crippen molar-refractivity contribution >= 4 is 10.0 Å². The van der Waals surface area contributed by atoms with Crippen LogP contribution >= 0.6 is 0 Å². The number of hydrogen-bond acceptors (Lipinski definition) is 2. The van der Waals surface area contributed by atoms with Crippen LogP contribution in [0.1, 0.15) is 18.1 Å². The third kappa shape index (κ3) is 3.38. The van der Waals surface area contributed by atoms with E-state index in [1.54, 1.807) is 16.4 Å². The van der Waals surface area contributed by atoms with Crippen molar-refractivity contribution in [3.8, 4) is 0 Å². The Morgan fingerprint density at radius 1 is 1.04 bits per heavy atom. The second-order valence-electron chi connectivity index (χ2n) is 6.09.